The zero-order valence-corrected chi connectivity index (χ0v) is 17.8. The van der Waals surface area contributed by atoms with Crippen molar-refractivity contribution in [3.63, 3.8) is 0 Å². The zero-order valence-electron chi connectivity index (χ0n) is 17.8. The number of aryl methyl sites for hydroxylation is 1. The lowest BCUT2D eigenvalue weighted by molar-refractivity contribution is -0.123. The molecule has 1 heterocycles. The zero-order chi connectivity index (χ0) is 21.3. The average molecular weight is 413 g/mol. The lowest BCUT2D eigenvalue weighted by Crippen LogP contribution is -2.47. The second-order valence-electron chi connectivity index (χ2n) is 7.81. The van der Waals surface area contributed by atoms with E-state index < -0.39 is 6.10 Å². The van der Waals surface area contributed by atoms with Gasteiger partial charge in [0.05, 0.1) is 26.2 Å². The number of nitrogens with one attached hydrogen (secondary N) is 1. The molecule has 0 aromatic heterocycles. The highest BCUT2D eigenvalue weighted by molar-refractivity contribution is 5.76. The van der Waals surface area contributed by atoms with Crippen LogP contribution in [0, 0.1) is 6.92 Å². The molecule has 0 unspecified atom stereocenters. The van der Waals surface area contributed by atoms with Gasteiger partial charge < -0.3 is 24.8 Å². The van der Waals surface area contributed by atoms with E-state index in [1.165, 1.54) is 0 Å². The minimum atomic E-state index is -0.752. The smallest absolute Gasteiger partial charge is 0.223 e. The Balaban J connectivity index is 1.55. The van der Waals surface area contributed by atoms with Crippen LogP contribution in [0.3, 0.4) is 0 Å². The summed E-state index contributed by atoms with van der Waals surface area (Å²) < 4.78 is 10.8. The average Bonchev–Trinajstić information content (AvgIpc) is 3.27. The lowest BCUT2D eigenvalue weighted by Gasteiger charge is -2.29. The van der Waals surface area contributed by atoms with Crippen LogP contribution >= 0.6 is 0 Å². The van der Waals surface area contributed by atoms with E-state index >= 15 is 0 Å². The Hall–Kier alpha value is -2.57. The third-order valence-corrected chi connectivity index (χ3v) is 5.46. The standard InChI is InChI=1S/C24H32N2O4/c1-18-5-7-19(8-6-18)24(28)22(17-26-14-3-4-15-26)25-23(27)13-16-30-21-11-9-20(29-2)10-12-21/h5-12,22,24,28H,3-4,13-17H2,1-2H3,(H,25,27)/t22-,24-/m1/s1. The van der Waals surface area contributed by atoms with E-state index in [0.717, 1.165) is 42.8 Å². The number of aliphatic hydroxyl groups excluding tert-OH is 1. The fraction of sp³-hybridized carbons (Fsp3) is 0.458. The summed E-state index contributed by atoms with van der Waals surface area (Å²) in [7, 11) is 1.61. The van der Waals surface area contributed by atoms with E-state index in [9.17, 15) is 9.90 Å². The summed E-state index contributed by atoms with van der Waals surface area (Å²) in [6.07, 6.45) is 1.80. The first-order chi connectivity index (χ1) is 14.5. The normalized spacial score (nSPS) is 16.1. The minimum Gasteiger partial charge on any atom is -0.497 e. The molecule has 2 N–H and O–H groups in total. The molecule has 0 aliphatic carbocycles. The van der Waals surface area contributed by atoms with Gasteiger partial charge in [-0.2, -0.15) is 0 Å². The number of carbonyl (C=O) groups is 1. The topological polar surface area (TPSA) is 71.0 Å². The van der Waals surface area contributed by atoms with E-state index in [4.69, 9.17) is 9.47 Å². The summed E-state index contributed by atoms with van der Waals surface area (Å²) in [6.45, 7) is 4.94. The fourth-order valence-electron chi connectivity index (χ4n) is 3.68. The summed E-state index contributed by atoms with van der Waals surface area (Å²) >= 11 is 0. The van der Waals surface area contributed by atoms with Crippen LogP contribution in [-0.4, -0.2) is 55.3 Å². The van der Waals surface area contributed by atoms with Crippen molar-refractivity contribution in [1.29, 1.82) is 0 Å². The van der Waals surface area contributed by atoms with Gasteiger partial charge in [-0.1, -0.05) is 29.8 Å². The molecule has 6 nitrogen and oxygen atoms in total. The van der Waals surface area contributed by atoms with Gasteiger partial charge in [0.1, 0.15) is 17.6 Å². The number of ether oxygens (including phenoxy) is 2. The molecule has 30 heavy (non-hydrogen) atoms. The van der Waals surface area contributed by atoms with Crippen LogP contribution in [0.25, 0.3) is 0 Å². The van der Waals surface area contributed by atoms with Gasteiger partial charge in [0.15, 0.2) is 0 Å². The maximum atomic E-state index is 12.6. The Morgan fingerprint density at radius 1 is 1.07 bits per heavy atom. The van der Waals surface area contributed by atoms with Crippen LogP contribution in [-0.2, 0) is 4.79 Å². The van der Waals surface area contributed by atoms with Crippen LogP contribution in [0.4, 0.5) is 0 Å². The summed E-state index contributed by atoms with van der Waals surface area (Å²) in [5.74, 6) is 1.32. The van der Waals surface area contributed by atoms with Gasteiger partial charge in [-0.3, -0.25) is 4.79 Å². The number of benzene rings is 2. The lowest BCUT2D eigenvalue weighted by atomic mass is 10.0. The van der Waals surface area contributed by atoms with Gasteiger partial charge in [-0.25, -0.2) is 0 Å². The fourth-order valence-corrected chi connectivity index (χ4v) is 3.68. The molecule has 1 aliphatic rings. The number of rotatable bonds is 10. The van der Waals surface area contributed by atoms with Crippen LogP contribution in [0.1, 0.15) is 36.5 Å². The molecule has 0 radical (unpaired) electrons. The van der Waals surface area contributed by atoms with Crippen molar-refractivity contribution in [3.05, 3.63) is 59.7 Å². The number of nitrogens with zero attached hydrogens (tertiary/aromatic N) is 1. The highest BCUT2D eigenvalue weighted by Gasteiger charge is 2.26. The summed E-state index contributed by atoms with van der Waals surface area (Å²) in [5, 5.41) is 14.0. The van der Waals surface area contributed by atoms with Crippen LogP contribution in [0.2, 0.25) is 0 Å². The summed E-state index contributed by atoms with van der Waals surface area (Å²) in [5.41, 5.74) is 1.96. The number of carbonyl (C=O) groups excluding carboxylic acids is 1. The Morgan fingerprint density at radius 2 is 1.70 bits per heavy atom. The number of methoxy groups -OCH3 is 1. The van der Waals surface area contributed by atoms with Gasteiger partial charge in [0.25, 0.3) is 0 Å². The van der Waals surface area contributed by atoms with E-state index in [1.807, 2.05) is 55.5 Å². The number of aliphatic hydroxyl groups is 1. The van der Waals surface area contributed by atoms with Crippen molar-refractivity contribution in [2.45, 2.75) is 38.3 Å². The van der Waals surface area contributed by atoms with Crippen LogP contribution in [0.5, 0.6) is 11.5 Å². The van der Waals surface area contributed by atoms with Crippen LogP contribution in [0.15, 0.2) is 48.5 Å². The number of hydrogen-bond donors (Lipinski definition) is 2. The second kappa shape index (κ2) is 11.0. The van der Waals surface area contributed by atoms with E-state index in [2.05, 4.69) is 10.2 Å². The molecule has 2 aromatic rings. The molecule has 0 saturated carbocycles. The Labute approximate surface area is 178 Å². The molecule has 1 amide bonds. The third kappa shape index (κ3) is 6.47. The molecule has 1 fully saturated rings. The Kier molecular flexibility index (Phi) is 8.11. The third-order valence-electron chi connectivity index (χ3n) is 5.46. The molecular formula is C24H32N2O4. The number of likely N-dealkylation sites (tertiary alicyclic amines) is 1. The Morgan fingerprint density at radius 3 is 2.33 bits per heavy atom. The SMILES string of the molecule is COc1ccc(OCCC(=O)N[C@H](CN2CCCC2)[C@H](O)c2ccc(C)cc2)cc1. The van der Waals surface area contributed by atoms with Gasteiger partial charge >= 0.3 is 0 Å². The molecule has 6 heteroatoms. The maximum absolute atomic E-state index is 12.6. The van der Waals surface area contributed by atoms with Crippen molar-refractivity contribution in [3.8, 4) is 11.5 Å². The number of amides is 1. The predicted octanol–water partition coefficient (Wildman–Crippen LogP) is 3.09. The monoisotopic (exact) mass is 412 g/mol. The van der Waals surface area contributed by atoms with E-state index in [1.54, 1.807) is 7.11 Å². The maximum Gasteiger partial charge on any atom is 0.223 e. The van der Waals surface area contributed by atoms with Gasteiger partial charge in [-0.15, -0.1) is 0 Å². The van der Waals surface area contributed by atoms with Crippen molar-refractivity contribution in [2.75, 3.05) is 33.4 Å². The molecule has 162 valence electrons. The Bertz CT molecular complexity index is 786. The van der Waals surface area contributed by atoms with Gasteiger partial charge in [-0.05, 0) is 62.7 Å². The molecule has 3 rings (SSSR count). The van der Waals surface area contributed by atoms with E-state index in [0.29, 0.717) is 12.3 Å². The first kappa shape index (κ1) is 22.1. The van der Waals surface area contributed by atoms with E-state index in [-0.39, 0.29) is 25.0 Å². The number of hydrogen-bond acceptors (Lipinski definition) is 5. The largest absolute Gasteiger partial charge is 0.497 e. The molecule has 1 saturated heterocycles. The molecular weight excluding hydrogens is 380 g/mol. The van der Waals surface area contributed by atoms with Crippen molar-refractivity contribution in [2.24, 2.45) is 0 Å². The molecule has 1 aliphatic heterocycles. The first-order valence-electron chi connectivity index (χ1n) is 10.6. The molecule has 0 spiro atoms. The first-order valence-corrected chi connectivity index (χ1v) is 10.6. The quantitative estimate of drug-likeness (QED) is 0.628. The highest BCUT2D eigenvalue weighted by Crippen LogP contribution is 2.21. The highest BCUT2D eigenvalue weighted by atomic mass is 16.5. The molecule has 0 bridgehead atoms. The second-order valence-corrected chi connectivity index (χ2v) is 7.81. The van der Waals surface area contributed by atoms with Gasteiger partial charge in [0.2, 0.25) is 5.91 Å². The van der Waals surface area contributed by atoms with Crippen molar-refractivity contribution >= 4 is 5.91 Å². The molecule has 2 atom stereocenters. The van der Waals surface area contributed by atoms with Crippen molar-refractivity contribution < 1.29 is 19.4 Å². The van der Waals surface area contributed by atoms with Gasteiger partial charge in [0, 0.05) is 6.54 Å². The summed E-state index contributed by atoms with van der Waals surface area (Å²) in [6, 6.07) is 14.7. The van der Waals surface area contributed by atoms with Crippen LogP contribution < -0.4 is 14.8 Å². The minimum absolute atomic E-state index is 0.126. The predicted molar refractivity (Wildman–Crippen MR) is 117 cm³/mol. The molecule has 2 aromatic carbocycles. The van der Waals surface area contributed by atoms with Crippen molar-refractivity contribution in [1.82, 2.24) is 10.2 Å². The summed E-state index contributed by atoms with van der Waals surface area (Å²) in [4.78, 5) is 14.9.